The lowest BCUT2D eigenvalue weighted by molar-refractivity contribution is -0.136. The minimum atomic E-state index is -0.822. The number of allylic oxidation sites excluding steroid dienone is 8. The van der Waals surface area contributed by atoms with Crippen molar-refractivity contribution in [3.05, 3.63) is 232 Å². The number of thioether (sulfide) groups is 2. The summed E-state index contributed by atoms with van der Waals surface area (Å²) >= 11 is 5.39. The number of rotatable bonds is 11. The first kappa shape index (κ1) is 37.2. The second-order valence-electron chi connectivity index (χ2n) is 13.6. The summed E-state index contributed by atoms with van der Waals surface area (Å²) in [5, 5.41) is 9.34. The Morgan fingerprint density at radius 3 is 1.66 bits per heavy atom. The summed E-state index contributed by atoms with van der Waals surface area (Å²) in [4.78, 5) is 18.6. The molecule has 8 rings (SSSR count). The number of carbonyl (C=O) groups is 1. The van der Waals surface area contributed by atoms with Gasteiger partial charge in [0.25, 0.3) is 0 Å². The average Bonchev–Trinajstić information content (AvgIpc) is 3.64. The zero-order chi connectivity index (χ0) is 38.1. The number of hydrogen-bond acceptors (Lipinski definition) is 3. The van der Waals surface area contributed by atoms with Crippen LogP contribution in [0.2, 0.25) is 0 Å². The van der Waals surface area contributed by atoms with E-state index in [4.69, 9.17) is 0 Å². The molecule has 0 unspecified atom stereocenters. The van der Waals surface area contributed by atoms with Crippen LogP contribution in [0, 0.1) is 0 Å². The lowest BCUT2D eigenvalue weighted by atomic mass is 10.1. The quantitative estimate of drug-likeness (QED) is 0.133. The van der Waals surface area contributed by atoms with E-state index < -0.39 is 5.97 Å². The minimum Gasteiger partial charge on any atom is -0.481 e. The molecule has 5 heteroatoms. The zero-order valence-corrected chi connectivity index (χ0v) is 33.1. The molecule has 0 fully saturated rings. The van der Waals surface area contributed by atoms with E-state index in [1.807, 2.05) is 47.4 Å². The van der Waals surface area contributed by atoms with Gasteiger partial charge in [0.05, 0.1) is 6.42 Å². The van der Waals surface area contributed by atoms with E-state index in [9.17, 15) is 9.90 Å². The predicted molar refractivity (Wildman–Crippen MR) is 241 cm³/mol. The topological polar surface area (TPSA) is 37.3 Å². The van der Waals surface area contributed by atoms with Crippen molar-refractivity contribution in [2.75, 3.05) is 0 Å². The van der Waals surface area contributed by atoms with E-state index in [0.717, 1.165) is 34.4 Å². The zero-order valence-electron chi connectivity index (χ0n) is 30.7. The molecule has 0 radical (unpaired) electrons. The van der Waals surface area contributed by atoms with Crippen LogP contribution in [0.5, 0.6) is 0 Å². The van der Waals surface area contributed by atoms with Crippen LogP contribution < -0.4 is 0 Å². The van der Waals surface area contributed by atoms with Crippen LogP contribution >= 0.6 is 34.9 Å². The van der Waals surface area contributed by atoms with Gasteiger partial charge in [0.15, 0.2) is 0 Å². The van der Waals surface area contributed by atoms with Crippen LogP contribution in [-0.4, -0.2) is 11.1 Å². The Morgan fingerprint density at radius 2 is 1.14 bits per heavy atom. The molecule has 0 bridgehead atoms. The van der Waals surface area contributed by atoms with E-state index in [0.29, 0.717) is 0 Å². The van der Waals surface area contributed by atoms with Gasteiger partial charge in [-0.25, -0.2) is 0 Å². The van der Waals surface area contributed by atoms with Crippen LogP contribution in [-0.2, 0) is 11.2 Å². The Morgan fingerprint density at radius 1 is 0.625 bits per heavy atom. The summed E-state index contributed by atoms with van der Waals surface area (Å²) in [6, 6.07) is 55.0. The van der Waals surface area contributed by atoms with E-state index in [2.05, 4.69) is 170 Å². The van der Waals surface area contributed by atoms with Crippen LogP contribution in [0.25, 0.3) is 36.8 Å². The van der Waals surface area contributed by atoms with Crippen molar-refractivity contribution in [1.82, 2.24) is 0 Å². The molecule has 1 N–H and O–H groups in total. The predicted octanol–water partition coefficient (Wildman–Crippen LogP) is 14.5. The van der Waals surface area contributed by atoms with Gasteiger partial charge in [-0.2, -0.15) is 0 Å². The molecular weight excluding hydrogens is 741 g/mol. The molecule has 1 aliphatic carbocycles. The average molecular weight is 780 g/mol. The number of aliphatic carboxylic acids is 1. The molecule has 2 nitrogen and oxygen atoms in total. The molecule has 1 aliphatic heterocycles. The van der Waals surface area contributed by atoms with E-state index >= 15 is 0 Å². The van der Waals surface area contributed by atoms with Gasteiger partial charge in [0.2, 0.25) is 21.1 Å². The number of carboxylic acids is 1. The highest BCUT2D eigenvalue weighted by Gasteiger charge is 2.22. The van der Waals surface area contributed by atoms with Gasteiger partial charge in [-0.3, -0.25) is 4.79 Å². The van der Waals surface area contributed by atoms with Gasteiger partial charge in [-0.05, 0) is 100 Å². The second-order valence-corrected chi connectivity index (χ2v) is 16.8. The molecule has 0 saturated heterocycles. The van der Waals surface area contributed by atoms with Crippen LogP contribution in [0.3, 0.4) is 0 Å². The van der Waals surface area contributed by atoms with Gasteiger partial charge in [0.1, 0.15) is 0 Å². The van der Waals surface area contributed by atoms with E-state index in [1.165, 1.54) is 57.9 Å². The minimum absolute atomic E-state index is 0.0173. The molecule has 0 atom stereocenters. The molecule has 272 valence electrons. The van der Waals surface area contributed by atoms with Gasteiger partial charge >= 0.3 is 5.97 Å². The molecule has 5 aromatic carbocycles. The van der Waals surface area contributed by atoms with E-state index in [-0.39, 0.29) is 6.42 Å². The highest BCUT2D eigenvalue weighted by Crippen LogP contribution is 2.46. The summed E-state index contributed by atoms with van der Waals surface area (Å²) in [6.07, 6.45) is 15.6. The first-order chi connectivity index (χ1) is 27.5. The molecule has 0 amide bonds. The fourth-order valence-corrected chi connectivity index (χ4v) is 10.1. The molecule has 1 aromatic heterocycles. The maximum atomic E-state index is 11.4. The molecule has 2 heterocycles. The van der Waals surface area contributed by atoms with E-state index in [1.54, 1.807) is 11.8 Å². The van der Waals surface area contributed by atoms with Crippen LogP contribution in [0.15, 0.2) is 215 Å². The number of hydrogen-bond donors (Lipinski definition) is 1. The standard InChI is InChI=1S/C51H38O2S3/c52-50(53)35-36-23-29-45(30-24-36)54-51-43(25-21-37-31-46(39-13-5-1-6-14-39)55-47(32-37)40-15-7-2-8-16-40)27-28-44(51)26-22-38-33-48(41-17-9-3-10-18-41)56-49(34-38)42-19-11-4-12-20-42/h1-26,29-34H,27-28,35H2/p+1. The lowest BCUT2D eigenvalue weighted by Crippen LogP contribution is -1.99. The van der Waals surface area contributed by atoms with Gasteiger partial charge in [-0.1, -0.05) is 157 Å². The molecular formula is C51H39O2S3+. The van der Waals surface area contributed by atoms with Crippen molar-refractivity contribution in [3.63, 3.8) is 0 Å². The highest BCUT2D eigenvalue weighted by molar-refractivity contribution is 8.16. The Labute approximate surface area is 341 Å². The normalized spacial score (nSPS) is 14.9. The van der Waals surface area contributed by atoms with Crippen molar-refractivity contribution < 1.29 is 9.90 Å². The summed E-state index contributed by atoms with van der Waals surface area (Å²) in [5.41, 5.74) is 10.5. The third-order valence-corrected chi connectivity index (χ3v) is 13.1. The van der Waals surface area contributed by atoms with Gasteiger partial charge in [0, 0.05) is 42.9 Å². The molecule has 0 saturated carbocycles. The maximum absolute atomic E-state index is 11.4. The number of carboxylic acid groups (broad SMARTS) is 1. The summed E-state index contributed by atoms with van der Waals surface area (Å²) in [7, 11) is 0. The second kappa shape index (κ2) is 17.8. The third kappa shape index (κ3) is 9.38. The first-order valence-corrected chi connectivity index (χ1v) is 21.1. The fraction of sp³-hybridized carbons (Fsp3) is 0.0588. The first-order valence-electron chi connectivity index (χ1n) is 18.7. The largest absolute Gasteiger partial charge is 0.481 e. The molecule has 0 spiro atoms. The Bertz CT molecular complexity index is 2410. The van der Waals surface area contributed by atoms with Gasteiger partial charge in [-0.15, -0.1) is 0 Å². The molecule has 6 aromatic rings. The lowest BCUT2D eigenvalue weighted by Gasteiger charge is -2.17. The van der Waals surface area contributed by atoms with Gasteiger partial charge < -0.3 is 5.11 Å². The van der Waals surface area contributed by atoms with Crippen LogP contribution in [0.1, 0.15) is 35.1 Å². The monoisotopic (exact) mass is 779 g/mol. The number of benzene rings is 5. The Hall–Kier alpha value is -5.72. The summed E-state index contributed by atoms with van der Waals surface area (Å²) < 4.78 is 0. The van der Waals surface area contributed by atoms with Crippen molar-refractivity contribution >= 4 is 56.7 Å². The van der Waals surface area contributed by atoms with Crippen molar-refractivity contribution in [2.24, 2.45) is 0 Å². The smallest absolute Gasteiger partial charge is 0.307 e. The van der Waals surface area contributed by atoms with Crippen LogP contribution in [0.4, 0.5) is 0 Å². The fourth-order valence-electron chi connectivity index (χ4n) is 6.73. The Kier molecular flexibility index (Phi) is 11.8. The summed E-state index contributed by atoms with van der Waals surface area (Å²) in [5.74, 6) is -0.822. The molecule has 56 heavy (non-hydrogen) atoms. The maximum Gasteiger partial charge on any atom is 0.307 e. The highest BCUT2D eigenvalue weighted by atomic mass is 32.2. The third-order valence-electron chi connectivity index (χ3n) is 9.56. The van der Waals surface area contributed by atoms with Crippen molar-refractivity contribution in [1.29, 1.82) is 0 Å². The SMILES string of the molecule is O=C(O)Cc1ccc(SC2=C(/C=C/c3cc(-c4ccccc4)[s+]c(-c4ccccc4)c3)CC/C2=C\C=C2C=C(c3ccccc3)SC(c3ccccc3)=C2)cc1. The Balaban J connectivity index is 1.18. The molecule has 2 aliphatic rings. The summed E-state index contributed by atoms with van der Waals surface area (Å²) in [6.45, 7) is 0. The van der Waals surface area contributed by atoms with Crippen molar-refractivity contribution in [3.8, 4) is 20.9 Å². The van der Waals surface area contributed by atoms with Crippen molar-refractivity contribution in [2.45, 2.75) is 24.2 Å².